The van der Waals surface area contributed by atoms with Gasteiger partial charge >= 0.3 is 6.03 Å². The molecule has 3 unspecified atom stereocenters. The molecule has 13 heteroatoms. The Morgan fingerprint density at radius 3 is 1.96 bits per heavy atom. The summed E-state index contributed by atoms with van der Waals surface area (Å²) in [5.74, 6) is -3.46. The van der Waals surface area contributed by atoms with E-state index >= 15 is 0 Å². The van der Waals surface area contributed by atoms with Gasteiger partial charge in [0, 0.05) is 12.6 Å². The average Bonchev–Trinajstić information content (AvgIpc) is 3.71. The molecule has 12 nitrogen and oxygen atoms in total. The molecule has 1 heterocycles. The summed E-state index contributed by atoms with van der Waals surface area (Å²) >= 11 is 0. The first-order valence-electron chi connectivity index (χ1n) is 15.6. The summed E-state index contributed by atoms with van der Waals surface area (Å²) in [5, 5.41) is 8.30. The van der Waals surface area contributed by atoms with Crippen molar-refractivity contribution < 1.29 is 32.4 Å². The molecule has 0 spiro atoms. The summed E-state index contributed by atoms with van der Waals surface area (Å²) in [7, 11) is -3.59. The van der Waals surface area contributed by atoms with Crippen molar-refractivity contribution in [3.8, 4) is 0 Å². The second kappa shape index (κ2) is 12.0. The molecule has 0 radical (unpaired) electrons. The molecule has 1 saturated carbocycles. The third-order valence-corrected chi connectivity index (χ3v) is 12.3. The predicted molar refractivity (Wildman–Crippen MR) is 171 cm³/mol. The van der Waals surface area contributed by atoms with Crippen LogP contribution in [-0.2, 0) is 29.0 Å². The standard InChI is InChI=1S/C32H53N5O7S/c1-29(2,3)20(16-45(43,44)31(7,8)9)35-28(42)36-24(30(4,5)6)27(41)37-15-18-21(32(18,10)11)22(37)26(40)34-19(14-17-12-13-17)23(38)25(33)39/h12,18-22,24H,13-16H2,1-11H3,(H2,33,39)(H,34,40)(H2,35,36,42)/t18?,19?,20-,21?,22+,24-/m1/s1. The third kappa shape index (κ3) is 8.07. The fourth-order valence-electron chi connectivity index (χ4n) is 6.08. The number of hydrogen-bond acceptors (Lipinski definition) is 7. The maximum atomic E-state index is 14.2. The SMILES string of the molecule is CC1(C)C2CN(C(=O)[C@@H](NC(=O)N[C@H](CS(=O)(=O)C(C)(C)C)C(C)(C)C)C(C)(C)C)[C@H](C(=O)NC(CC3=CC3)C(=O)C(N)=O)C21. The number of urea groups is 1. The van der Waals surface area contributed by atoms with Crippen LogP contribution in [0.1, 0.15) is 89.0 Å². The molecule has 1 saturated heterocycles. The normalized spacial score (nSPS) is 24.4. The summed E-state index contributed by atoms with van der Waals surface area (Å²) in [6, 6.07) is -4.54. The van der Waals surface area contributed by atoms with Crippen molar-refractivity contribution in [3.05, 3.63) is 11.6 Å². The maximum absolute atomic E-state index is 14.2. The lowest BCUT2D eigenvalue weighted by molar-refractivity contribution is -0.145. The summed E-state index contributed by atoms with van der Waals surface area (Å²) in [4.78, 5) is 67.2. The molecular weight excluding hydrogens is 598 g/mol. The molecule has 6 atom stereocenters. The Bertz CT molecular complexity index is 1380. The van der Waals surface area contributed by atoms with Gasteiger partial charge in [-0.15, -0.1) is 0 Å². The van der Waals surface area contributed by atoms with Crippen LogP contribution in [-0.4, -0.2) is 84.1 Å². The Morgan fingerprint density at radius 2 is 1.51 bits per heavy atom. The van der Waals surface area contributed by atoms with E-state index in [1.807, 2.05) is 40.7 Å². The molecule has 1 aliphatic heterocycles. The first-order valence-corrected chi connectivity index (χ1v) is 17.3. The number of nitrogens with two attached hydrogens (primary N) is 1. The highest BCUT2D eigenvalue weighted by atomic mass is 32.2. The lowest BCUT2D eigenvalue weighted by atomic mass is 9.85. The summed E-state index contributed by atoms with van der Waals surface area (Å²) in [6.45, 7) is 20.1. The number of primary amides is 1. The number of Topliss-reactive ketones (excluding diaryl/α,β-unsaturated/α-hetero) is 1. The zero-order chi connectivity index (χ0) is 34.7. The number of carbonyl (C=O) groups is 5. The molecule has 0 aromatic carbocycles. The molecule has 0 bridgehead atoms. The number of allylic oxidation sites excluding steroid dienone is 1. The van der Waals surface area contributed by atoms with Crippen LogP contribution < -0.4 is 21.7 Å². The lowest BCUT2D eigenvalue weighted by Crippen LogP contribution is -2.62. The van der Waals surface area contributed by atoms with E-state index < -0.39 is 79.1 Å². The number of rotatable bonds is 11. The fraction of sp³-hybridized carbons (Fsp3) is 0.781. The number of sulfone groups is 1. The zero-order valence-electron chi connectivity index (χ0n) is 28.7. The molecule has 0 aromatic rings. The lowest BCUT2D eigenvalue weighted by Gasteiger charge is -2.39. The molecule has 0 aromatic heterocycles. The summed E-state index contributed by atoms with van der Waals surface area (Å²) in [5.41, 5.74) is 4.58. The van der Waals surface area contributed by atoms with Gasteiger partial charge in [0.15, 0.2) is 9.84 Å². The Morgan fingerprint density at radius 1 is 0.956 bits per heavy atom. The number of piperidine rings is 1. The van der Waals surface area contributed by atoms with E-state index in [9.17, 15) is 32.4 Å². The number of nitrogens with zero attached hydrogens (tertiary/aromatic N) is 1. The highest BCUT2D eigenvalue weighted by molar-refractivity contribution is 7.92. The number of nitrogens with one attached hydrogen (secondary N) is 3. The van der Waals surface area contributed by atoms with E-state index in [1.54, 1.807) is 41.5 Å². The predicted octanol–water partition coefficient (Wildman–Crippen LogP) is 2.07. The molecule has 3 aliphatic rings. The minimum atomic E-state index is -3.59. The van der Waals surface area contributed by atoms with Gasteiger partial charge in [-0.3, -0.25) is 19.2 Å². The molecule has 2 fully saturated rings. The third-order valence-electron chi connectivity index (χ3n) is 9.65. The topological polar surface area (TPSA) is 185 Å². The van der Waals surface area contributed by atoms with Crippen LogP contribution in [0.25, 0.3) is 0 Å². The van der Waals surface area contributed by atoms with Gasteiger partial charge in [0.1, 0.15) is 18.1 Å². The first-order chi connectivity index (χ1) is 20.2. The number of hydrogen-bond donors (Lipinski definition) is 4. The van der Waals surface area contributed by atoms with E-state index in [-0.39, 0.29) is 29.4 Å². The molecule has 2 aliphatic carbocycles. The first kappa shape index (κ1) is 36.5. The smallest absolute Gasteiger partial charge is 0.315 e. The van der Waals surface area contributed by atoms with Crippen molar-refractivity contribution in [1.29, 1.82) is 0 Å². The molecule has 45 heavy (non-hydrogen) atoms. The largest absolute Gasteiger partial charge is 0.363 e. The summed E-state index contributed by atoms with van der Waals surface area (Å²) < 4.78 is 25.1. The Hall–Kier alpha value is -2.96. The van der Waals surface area contributed by atoms with Crippen LogP contribution in [0.15, 0.2) is 11.6 Å². The minimum absolute atomic E-state index is 0.0379. The quantitative estimate of drug-likeness (QED) is 0.195. The Balaban J connectivity index is 1.85. The van der Waals surface area contributed by atoms with Crippen molar-refractivity contribution in [1.82, 2.24) is 20.9 Å². The molecule has 5 amide bonds. The highest BCUT2D eigenvalue weighted by Gasteiger charge is 2.70. The van der Waals surface area contributed by atoms with Crippen molar-refractivity contribution in [3.63, 3.8) is 0 Å². The highest BCUT2D eigenvalue weighted by Crippen LogP contribution is 2.65. The van der Waals surface area contributed by atoms with Gasteiger partial charge in [-0.2, -0.15) is 0 Å². The monoisotopic (exact) mass is 651 g/mol. The van der Waals surface area contributed by atoms with Crippen LogP contribution in [0.2, 0.25) is 0 Å². The summed E-state index contributed by atoms with van der Waals surface area (Å²) in [6.07, 6.45) is 2.77. The molecule has 5 N–H and O–H groups in total. The van der Waals surface area contributed by atoms with E-state index in [2.05, 4.69) is 16.0 Å². The number of fused-ring (bicyclic) bond motifs is 1. The second-order valence-electron chi connectivity index (χ2n) is 16.7. The van der Waals surface area contributed by atoms with E-state index in [0.717, 1.165) is 5.57 Å². The van der Waals surface area contributed by atoms with Gasteiger partial charge in [0.2, 0.25) is 17.6 Å². The van der Waals surface area contributed by atoms with Crippen LogP contribution in [0, 0.1) is 28.1 Å². The minimum Gasteiger partial charge on any atom is -0.363 e. The Kier molecular flexibility index (Phi) is 9.74. The van der Waals surface area contributed by atoms with Crippen molar-refractivity contribution in [2.45, 2.75) is 118 Å². The molecule has 254 valence electrons. The van der Waals surface area contributed by atoms with E-state index in [0.29, 0.717) is 13.0 Å². The fourth-order valence-corrected chi connectivity index (χ4v) is 7.60. The van der Waals surface area contributed by atoms with Crippen molar-refractivity contribution in [2.24, 2.45) is 33.8 Å². The number of amides is 5. The van der Waals surface area contributed by atoms with Gasteiger partial charge in [-0.25, -0.2) is 13.2 Å². The molecule has 3 rings (SSSR count). The van der Waals surface area contributed by atoms with Crippen LogP contribution in [0.5, 0.6) is 0 Å². The number of ketones is 1. The van der Waals surface area contributed by atoms with Gasteiger partial charge in [-0.05, 0) is 61.7 Å². The van der Waals surface area contributed by atoms with Crippen LogP contribution >= 0.6 is 0 Å². The van der Waals surface area contributed by atoms with Crippen molar-refractivity contribution in [2.75, 3.05) is 12.3 Å². The zero-order valence-corrected chi connectivity index (χ0v) is 29.5. The Labute approximate surface area is 268 Å². The number of carbonyl (C=O) groups excluding carboxylic acids is 5. The van der Waals surface area contributed by atoms with Gasteiger partial charge in [0.05, 0.1) is 10.5 Å². The van der Waals surface area contributed by atoms with E-state index in [4.69, 9.17) is 5.73 Å². The van der Waals surface area contributed by atoms with Crippen molar-refractivity contribution >= 4 is 39.4 Å². The molecular formula is C32H53N5O7S. The average molecular weight is 652 g/mol. The van der Waals surface area contributed by atoms with Gasteiger partial charge < -0.3 is 26.6 Å². The van der Waals surface area contributed by atoms with Crippen LogP contribution in [0.3, 0.4) is 0 Å². The maximum Gasteiger partial charge on any atom is 0.315 e. The van der Waals surface area contributed by atoms with Gasteiger partial charge in [0.25, 0.3) is 5.91 Å². The van der Waals surface area contributed by atoms with Crippen LogP contribution in [0.4, 0.5) is 4.79 Å². The van der Waals surface area contributed by atoms with E-state index in [1.165, 1.54) is 4.90 Å². The second-order valence-corrected chi connectivity index (χ2v) is 19.5. The van der Waals surface area contributed by atoms with Gasteiger partial charge in [-0.1, -0.05) is 67.0 Å². The number of likely N-dealkylation sites (tertiary alicyclic amines) is 1.